The molecule has 96 valence electrons. The number of hydrogen-bond acceptors (Lipinski definition) is 3. The van der Waals surface area contributed by atoms with Crippen LogP contribution < -0.4 is 4.90 Å². The second kappa shape index (κ2) is 5.05. The van der Waals surface area contributed by atoms with Gasteiger partial charge >= 0.3 is 0 Å². The van der Waals surface area contributed by atoms with Crippen LogP contribution >= 0.6 is 11.8 Å². The van der Waals surface area contributed by atoms with Gasteiger partial charge < -0.3 is 4.90 Å². The Morgan fingerprint density at radius 1 is 1.21 bits per heavy atom. The molecule has 2 heterocycles. The van der Waals surface area contributed by atoms with Crippen molar-refractivity contribution in [3.8, 4) is 0 Å². The molecular weight excluding hydrogens is 256 g/mol. The van der Waals surface area contributed by atoms with Crippen molar-refractivity contribution in [3.63, 3.8) is 0 Å². The average molecular weight is 270 g/mol. The fourth-order valence-electron chi connectivity index (χ4n) is 2.32. The van der Waals surface area contributed by atoms with Crippen LogP contribution in [0, 0.1) is 0 Å². The molecule has 0 saturated heterocycles. The van der Waals surface area contributed by atoms with Gasteiger partial charge in [0.1, 0.15) is 5.03 Å². The molecular formula is C15H14N2OS. The van der Waals surface area contributed by atoms with Crippen LogP contribution in [0.25, 0.3) is 0 Å². The molecule has 1 aromatic carbocycles. The van der Waals surface area contributed by atoms with Crippen LogP contribution in [0.15, 0.2) is 53.7 Å². The molecule has 0 unspecified atom stereocenters. The van der Waals surface area contributed by atoms with Crippen molar-refractivity contribution >= 4 is 23.4 Å². The number of aromatic nitrogens is 1. The van der Waals surface area contributed by atoms with Crippen molar-refractivity contribution in [1.29, 1.82) is 0 Å². The first-order valence-electron chi connectivity index (χ1n) is 6.22. The molecule has 4 heteroatoms. The second-order valence-corrected chi connectivity index (χ2v) is 5.43. The lowest BCUT2D eigenvalue weighted by Crippen LogP contribution is -2.37. The van der Waals surface area contributed by atoms with Gasteiger partial charge in [-0.25, -0.2) is 4.98 Å². The minimum atomic E-state index is 0.0255. The molecule has 2 aromatic rings. The van der Waals surface area contributed by atoms with Gasteiger partial charge in [0, 0.05) is 6.20 Å². The van der Waals surface area contributed by atoms with Crippen LogP contribution in [0.1, 0.15) is 18.5 Å². The van der Waals surface area contributed by atoms with Crippen molar-refractivity contribution in [1.82, 2.24) is 4.98 Å². The number of carbonyl (C=O) groups is 1. The molecule has 3 rings (SSSR count). The minimum absolute atomic E-state index is 0.0255. The summed E-state index contributed by atoms with van der Waals surface area (Å²) in [4.78, 5) is 18.5. The number of nitrogens with zero attached hydrogens (tertiary/aromatic N) is 2. The molecule has 19 heavy (non-hydrogen) atoms. The first kappa shape index (κ1) is 12.2. The van der Waals surface area contributed by atoms with E-state index < -0.39 is 0 Å². The van der Waals surface area contributed by atoms with Crippen LogP contribution in [0.3, 0.4) is 0 Å². The third kappa shape index (κ3) is 2.24. The maximum Gasteiger partial charge on any atom is 0.238 e. The van der Waals surface area contributed by atoms with E-state index in [1.54, 1.807) is 6.20 Å². The summed E-state index contributed by atoms with van der Waals surface area (Å²) >= 11 is 1.51. The topological polar surface area (TPSA) is 33.2 Å². The Kier molecular flexibility index (Phi) is 3.25. The summed E-state index contributed by atoms with van der Waals surface area (Å²) in [5.74, 6) is 0.600. The summed E-state index contributed by atoms with van der Waals surface area (Å²) in [7, 11) is 0. The van der Waals surface area contributed by atoms with E-state index in [-0.39, 0.29) is 11.9 Å². The lowest BCUT2D eigenvalue weighted by molar-refractivity contribution is -0.116. The minimum Gasteiger partial charge on any atom is -0.302 e. The second-order valence-electron chi connectivity index (χ2n) is 4.47. The molecule has 0 aliphatic carbocycles. The third-order valence-corrected chi connectivity index (χ3v) is 4.26. The van der Waals surface area contributed by atoms with Crippen LogP contribution in [0.4, 0.5) is 5.69 Å². The van der Waals surface area contributed by atoms with Gasteiger partial charge in [0.05, 0.1) is 17.5 Å². The van der Waals surface area contributed by atoms with Crippen molar-refractivity contribution < 1.29 is 4.79 Å². The van der Waals surface area contributed by atoms with Gasteiger partial charge in [0.15, 0.2) is 0 Å². The van der Waals surface area contributed by atoms with E-state index in [0.717, 1.165) is 16.3 Å². The fourth-order valence-corrected chi connectivity index (χ4v) is 3.17. The quantitative estimate of drug-likeness (QED) is 0.839. The Morgan fingerprint density at radius 2 is 2.00 bits per heavy atom. The van der Waals surface area contributed by atoms with Crippen LogP contribution in [0.5, 0.6) is 0 Å². The largest absolute Gasteiger partial charge is 0.302 e. The summed E-state index contributed by atoms with van der Waals surface area (Å²) in [5, 5.41) is 0.935. The average Bonchev–Trinajstić information content (AvgIpc) is 2.47. The number of rotatable bonds is 2. The zero-order valence-electron chi connectivity index (χ0n) is 10.6. The zero-order valence-corrected chi connectivity index (χ0v) is 11.4. The molecule has 1 aliphatic heterocycles. The van der Waals surface area contributed by atoms with E-state index in [9.17, 15) is 4.79 Å². The summed E-state index contributed by atoms with van der Waals surface area (Å²) in [6, 6.07) is 14.0. The number of anilines is 1. The first-order chi connectivity index (χ1) is 9.27. The van der Waals surface area contributed by atoms with Gasteiger partial charge in [-0.2, -0.15) is 0 Å². The molecule has 0 N–H and O–H groups in total. The predicted octanol–water partition coefficient (Wildman–Crippen LogP) is 3.28. The normalized spacial score (nSPS) is 16.1. The Bertz CT molecular complexity index is 600. The number of amides is 1. The number of fused-ring (bicyclic) bond motifs is 1. The van der Waals surface area contributed by atoms with Gasteiger partial charge in [-0.05, 0) is 24.6 Å². The van der Waals surface area contributed by atoms with Crippen LogP contribution in [-0.4, -0.2) is 16.6 Å². The SMILES string of the molecule is C[C@@H](c1ccccc1)N1C(=O)CSc2ncccc21. The fraction of sp³-hybridized carbons (Fsp3) is 0.200. The van der Waals surface area contributed by atoms with E-state index in [0.29, 0.717) is 5.75 Å². The molecule has 0 bridgehead atoms. The van der Waals surface area contributed by atoms with Crippen LogP contribution in [0.2, 0.25) is 0 Å². The highest BCUT2D eigenvalue weighted by atomic mass is 32.2. The Morgan fingerprint density at radius 3 is 2.79 bits per heavy atom. The summed E-state index contributed by atoms with van der Waals surface area (Å²) in [6.07, 6.45) is 1.77. The van der Waals surface area contributed by atoms with Crippen molar-refractivity contribution in [2.45, 2.75) is 18.0 Å². The van der Waals surface area contributed by atoms with Gasteiger partial charge in [-0.3, -0.25) is 4.79 Å². The molecule has 0 fully saturated rings. The predicted molar refractivity (Wildman–Crippen MR) is 77.3 cm³/mol. The summed E-state index contributed by atoms with van der Waals surface area (Å²) in [6.45, 7) is 2.06. The molecule has 1 atom stereocenters. The standard InChI is InChI=1S/C15H14N2OS/c1-11(12-6-3-2-4-7-12)17-13-8-5-9-16-15(13)19-10-14(17)18/h2-9,11H,10H2,1H3/t11-/m0/s1. The highest BCUT2D eigenvalue weighted by Crippen LogP contribution is 2.37. The number of benzene rings is 1. The monoisotopic (exact) mass is 270 g/mol. The molecule has 0 radical (unpaired) electrons. The highest BCUT2D eigenvalue weighted by Gasteiger charge is 2.29. The van der Waals surface area contributed by atoms with Crippen molar-refractivity contribution in [2.75, 3.05) is 10.7 Å². The molecule has 3 nitrogen and oxygen atoms in total. The van der Waals surface area contributed by atoms with Crippen molar-refractivity contribution in [2.24, 2.45) is 0 Å². The van der Waals surface area contributed by atoms with Crippen LogP contribution in [-0.2, 0) is 4.79 Å². The van der Waals surface area contributed by atoms with E-state index >= 15 is 0 Å². The van der Waals surface area contributed by atoms with Gasteiger partial charge in [0.2, 0.25) is 5.91 Å². The lowest BCUT2D eigenvalue weighted by atomic mass is 10.1. The van der Waals surface area contributed by atoms with E-state index in [2.05, 4.69) is 24.0 Å². The van der Waals surface area contributed by atoms with Gasteiger partial charge in [-0.15, -0.1) is 0 Å². The lowest BCUT2D eigenvalue weighted by Gasteiger charge is -2.33. The van der Waals surface area contributed by atoms with Gasteiger partial charge in [-0.1, -0.05) is 42.1 Å². The maximum absolute atomic E-state index is 12.2. The van der Waals surface area contributed by atoms with E-state index in [1.165, 1.54) is 11.8 Å². The van der Waals surface area contributed by atoms with E-state index in [1.807, 2.05) is 35.2 Å². The molecule has 1 amide bonds. The molecule has 1 aromatic heterocycles. The van der Waals surface area contributed by atoms with Gasteiger partial charge in [0.25, 0.3) is 0 Å². The number of pyridine rings is 1. The Balaban J connectivity index is 2.02. The number of carbonyl (C=O) groups excluding carboxylic acids is 1. The summed E-state index contributed by atoms with van der Waals surface area (Å²) in [5.41, 5.74) is 2.05. The summed E-state index contributed by atoms with van der Waals surface area (Å²) < 4.78 is 0. The van der Waals surface area contributed by atoms with E-state index in [4.69, 9.17) is 0 Å². The number of hydrogen-bond donors (Lipinski definition) is 0. The Labute approximate surface area is 116 Å². The third-order valence-electron chi connectivity index (χ3n) is 3.28. The molecule has 0 spiro atoms. The maximum atomic E-state index is 12.2. The Hall–Kier alpha value is -1.81. The molecule has 1 aliphatic rings. The zero-order chi connectivity index (χ0) is 13.2. The van der Waals surface area contributed by atoms with Crippen molar-refractivity contribution in [3.05, 3.63) is 54.2 Å². The smallest absolute Gasteiger partial charge is 0.238 e. The molecule has 0 saturated carbocycles. The number of thioether (sulfide) groups is 1. The first-order valence-corrected chi connectivity index (χ1v) is 7.21. The highest BCUT2D eigenvalue weighted by molar-refractivity contribution is 8.00.